The van der Waals surface area contributed by atoms with E-state index in [-0.39, 0.29) is 5.91 Å². The molecule has 1 aromatic heterocycles. The van der Waals surface area contributed by atoms with Gasteiger partial charge in [0.15, 0.2) is 0 Å². The summed E-state index contributed by atoms with van der Waals surface area (Å²) in [5.41, 5.74) is 1.23. The highest BCUT2D eigenvalue weighted by Crippen LogP contribution is 2.20. The SMILES string of the molecule is CCOc1ccc(NC(=O)c2c(Br)cnn2CC)cc1. The molecule has 1 amide bonds. The fourth-order valence-corrected chi connectivity index (χ4v) is 2.30. The van der Waals surface area contributed by atoms with Crippen LogP contribution in [0.2, 0.25) is 0 Å². The van der Waals surface area contributed by atoms with Gasteiger partial charge in [0.1, 0.15) is 11.4 Å². The molecule has 2 aromatic rings. The standard InChI is InChI=1S/C14H16BrN3O2/c1-3-18-13(12(15)9-16-18)14(19)17-10-5-7-11(8-6-10)20-4-2/h5-9H,3-4H2,1-2H3,(H,17,19). The molecule has 20 heavy (non-hydrogen) atoms. The van der Waals surface area contributed by atoms with Crippen LogP contribution in [0.1, 0.15) is 24.3 Å². The van der Waals surface area contributed by atoms with Crippen molar-refractivity contribution in [2.24, 2.45) is 0 Å². The van der Waals surface area contributed by atoms with Crippen LogP contribution in [0, 0.1) is 0 Å². The number of ether oxygens (including phenoxy) is 1. The summed E-state index contributed by atoms with van der Waals surface area (Å²) >= 11 is 3.34. The van der Waals surface area contributed by atoms with Crippen LogP contribution in [-0.2, 0) is 6.54 Å². The van der Waals surface area contributed by atoms with E-state index < -0.39 is 0 Å². The van der Waals surface area contributed by atoms with Crippen LogP contribution in [0.5, 0.6) is 5.75 Å². The highest BCUT2D eigenvalue weighted by Gasteiger charge is 2.16. The van der Waals surface area contributed by atoms with Gasteiger partial charge in [0, 0.05) is 12.2 Å². The lowest BCUT2D eigenvalue weighted by Gasteiger charge is -2.08. The molecule has 5 nitrogen and oxygen atoms in total. The Morgan fingerprint density at radius 1 is 1.35 bits per heavy atom. The summed E-state index contributed by atoms with van der Waals surface area (Å²) in [6, 6.07) is 7.27. The summed E-state index contributed by atoms with van der Waals surface area (Å²) < 4.78 is 7.69. The second-order valence-corrected chi connectivity index (χ2v) is 4.92. The molecular formula is C14H16BrN3O2. The minimum absolute atomic E-state index is 0.194. The van der Waals surface area contributed by atoms with Gasteiger partial charge in [0.2, 0.25) is 0 Å². The molecule has 0 atom stereocenters. The van der Waals surface area contributed by atoms with E-state index in [0.717, 1.165) is 5.75 Å². The molecule has 0 aliphatic heterocycles. The molecule has 1 aromatic carbocycles. The predicted octanol–water partition coefficient (Wildman–Crippen LogP) is 3.32. The van der Waals surface area contributed by atoms with Crippen molar-refractivity contribution in [2.75, 3.05) is 11.9 Å². The number of hydrogen-bond donors (Lipinski definition) is 1. The number of aromatic nitrogens is 2. The van der Waals surface area contributed by atoms with Crippen LogP contribution in [0.15, 0.2) is 34.9 Å². The second-order valence-electron chi connectivity index (χ2n) is 4.07. The minimum Gasteiger partial charge on any atom is -0.494 e. The third kappa shape index (κ3) is 3.19. The van der Waals surface area contributed by atoms with Crippen LogP contribution in [-0.4, -0.2) is 22.3 Å². The zero-order valence-corrected chi connectivity index (χ0v) is 13.0. The zero-order chi connectivity index (χ0) is 14.5. The molecule has 0 aliphatic rings. The van der Waals surface area contributed by atoms with Crippen molar-refractivity contribution in [1.82, 2.24) is 9.78 Å². The van der Waals surface area contributed by atoms with Gasteiger partial charge in [0.05, 0.1) is 17.3 Å². The van der Waals surface area contributed by atoms with Crippen LogP contribution in [0.4, 0.5) is 5.69 Å². The van der Waals surface area contributed by atoms with E-state index in [4.69, 9.17) is 4.74 Å². The van der Waals surface area contributed by atoms with Crippen molar-refractivity contribution >= 4 is 27.5 Å². The molecule has 0 bridgehead atoms. The Hall–Kier alpha value is -1.82. The Labute approximate surface area is 126 Å². The Balaban J connectivity index is 2.13. The summed E-state index contributed by atoms with van der Waals surface area (Å²) in [5.74, 6) is 0.589. The Bertz CT molecular complexity index is 593. The molecule has 1 N–H and O–H groups in total. The zero-order valence-electron chi connectivity index (χ0n) is 11.4. The average molecular weight is 338 g/mol. The lowest BCUT2D eigenvalue weighted by atomic mass is 10.3. The van der Waals surface area contributed by atoms with E-state index in [1.807, 2.05) is 38.1 Å². The van der Waals surface area contributed by atoms with E-state index >= 15 is 0 Å². The molecule has 0 saturated heterocycles. The molecular weight excluding hydrogens is 322 g/mol. The maximum Gasteiger partial charge on any atom is 0.275 e. The number of nitrogens with one attached hydrogen (secondary N) is 1. The summed E-state index contributed by atoms with van der Waals surface area (Å²) in [4.78, 5) is 12.3. The van der Waals surface area contributed by atoms with Crippen molar-refractivity contribution < 1.29 is 9.53 Å². The average Bonchev–Trinajstić information content (AvgIpc) is 2.82. The predicted molar refractivity (Wildman–Crippen MR) is 81.2 cm³/mol. The highest BCUT2D eigenvalue weighted by atomic mass is 79.9. The number of aryl methyl sites for hydroxylation is 1. The van der Waals surface area contributed by atoms with Crippen LogP contribution in [0.25, 0.3) is 0 Å². The smallest absolute Gasteiger partial charge is 0.275 e. The van der Waals surface area contributed by atoms with Crippen LogP contribution in [0.3, 0.4) is 0 Å². The fourth-order valence-electron chi connectivity index (χ4n) is 1.82. The Kier molecular flexibility index (Phi) is 4.79. The Morgan fingerprint density at radius 3 is 2.65 bits per heavy atom. The number of hydrogen-bond acceptors (Lipinski definition) is 3. The largest absolute Gasteiger partial charge is 0.494 e. The lowest BCUT2D eigenvalue weighted by molar-refractivity contribution is 0.101. The molecule has 0 fully saturated rings. The first-order valence-corrected chi connectivity index (χ1v) is 7.20. The van der Waals surface area contributed by atoms with E-state index in [1.165, 1.54) is 0 Å². The second kappa shape index (κ2) is 6.56. The van der Waals surface area contributed by atoms with Gasteiger partial charge < -0.3 is 10.1 Å². The number of nitrogens with zero attached hydrogens (tertiary/aromatic N) is 2. The number of benzene rings is 1. The minimum atomic E-state index is -0.194. The molecule has 106 valence electrons. The monoisotopic (exact) mass is 337 g/mol. The van der Waals surface area contributed by atoms with Gasteiger partial charge in [-0.25, -0.2) is 0 Å². The first kappa shape index (κ1) is 14.6. The summed E-state index contributed by atoms with van der Waals surface area (Å²) in [6.07, 6.45) is 1.62. The van der Waals surface area contributed by atoms with Crippen molar-refractivity contribution in [3.05, 3.63) is 40.6 Å². The third-order valence-corrected chi connectivity index (χ3v) is 3.31. The number of anilines is 1. The van der Waals surface area contributed by atoms with Crippen molar-refractivity contribution in [1.29, 1.82) is 0 Å². The van der Waals surface area contributed by atoms with E-state index in [2.05, 4.69) is 26.3 Å². The summed E-state index contributed by atoms with van der Waals surface area (Å²) in [5, 5.41) is 6.97. The van der Waals surface area contributed by atoms with Crippen LogP contribution >= 0.6 is 15.9 Å². The molecule has 0 aliphatic carbocycles. The molecule has 6 heteroatoms. The molecule has 0 radical (unpaired) electrons. The number of halogens is 1. The molecule has 0 unspecified atom stereocenters. The van der Waals surface area contributed by atoms with E-state index in [0.29, 0.717) is 29.0 Å². The maximum atomic E-state index is 12.3. The number of amides is 1. The molecule has 1 heterocycles. The normalized spacial score (nSPS) is 10.3. The number of rotatable bonds is 5. The van der Waals surface area contributed by atoms with Gasteiger partial charge in [-0.05, 0) is 54.0 Å². The molecule has 0 saturated carbocycles. The van der Waals surface area contributed by atoms with Gasteiger partial charge in [-0.2, -0.15) is 5.10 Å². The van der Waals surface area contributed by atoms with Crippen molar-refractivity contribution in [2.45, 2.75) is 20.4 Å². The first-order valence-electron chi connectivity index (χ1n) is 6.41. The van der Waals surface area contributed by atoms with E-state index in [1.54, 1.807) is 10.9 Å². The molecule has 0 spiro atoms. The number of carbonyl (C=O) groups excluding carboxylic acids is 1. The van der Waals surface area contributed by atoms with Gasteiger partial charge >= 0.3 is 0 Å². The van der Waals surface area contributed by atoms with Gasteiger partial charge in [-0.15, -0.1) is 0 Å². The topological polar surface area (TPSA) is 56.1 Å². The fraction of sp³-hybridized carbons (Fsp3) is 0.286. The first-order chi connectivity index (χ1) is 9.65. The van der Waals surface area contributed by atoms with Crippen molar-refractivity contribution in [3.8, 4) is 5.75 Å². The third-order valence-electron chi connectivity index (χ3n) is 2.73. The lowest BCUT2D eigenvalue weighted by Crippen LogP contribution is -2.17. The van der Waals surface area contributed by atoms with Crippen molar-refractivity contribution in [3.63, 3.8) is 0 Å². The summed E-state index contributed by atoms with van der Waals surface area (Å²) in [6.45, 7) is 5.12. The van der Waals surface area contributed by atoms with E-state index in [9.17, 15) is 4.79 Å². The van der Waals surface area contributed by atoms with Gasteiger partial charge in [-0.3, -0.25) is 9.48 Å². The maximum absolute atomic E-state index is 12.3. The quantitative estimate of drug-likeness (QED) is 0.910. The number of carbonyl (C=O) groups is 1. The van der Waals surface area contributed by atoms with Gasteiger partial charge in [-0.1, -0.05) is 0 Å². The molecule has 2 rings (SSSR count). The Morgan fingerprint density at radius 2 is 2.05 bits per heavy atom. The summed E-state index contributed by atoms with van der Waals surface area (Å²) in [7, 11) is 0. The highest BCUT2D eigenvalue weighted by molar-refractivity contribution is 9.10. The van der Waals surface area contributed by atoms with Gasteiger partial charge in [0.25, 0.3) is 5.91 Å². The van der Waals surface area contributed by atoms with Crippen LogP contribution < -0.4 is 10.1 Å².